The summed E-state index contributed by atoms with van der Waals surface area (Å²) in [7, 11) is 0. The first-order chi connectivity index (χ1) is 9.08. The number of hydrogen-bond acceptors (Lipinski definition) is 3. The van der Waals surface area contributed by atoms with Gasteiger partial charge in [-0.2, -0.15) is 0 Å². The predicted molar refractivity (Wildman–Crippen MR) is 72.6 cm³/mol. The Morgan fingerprint density at radius 3 is 2.42 bits per heavy atom. The highest BCUT2D eigenvalue weighted by atomic mass is 16.5. The number of hydrogen-bond donors (Lipinski definition) is 0. The van der Waals surface area contributed by atoms with Crippen LogP contribution in [0.15, 0.2) is 48.5 Å². The van der Waals surface area contributed by atoms with Crippen molar-refractivity contribution in [2.24, 2.45) is 0 Å². The lowest BCUT2D eigenvalue weighted by Crippen LogP contribution is -2.10. The average molecular weight is 254 g/mol. The lowest BCUT2D eigenvalue weighted by Gasteiger charge is -2.07. The number of aryl methyl sites for hydroxylation is 1. The molecule has 0 saturated heterocycles. The molecule has 0 saturated carbocycles. The molecule has 19 heavy (non-hydrogen) atoms. The van der Waals surface area contributed by atoms with Gasteiger partial charge in [-0.05, 0) is 37.6 Å². The Hall–Kier alpha value is -2.42. The van der Waals surface area contributed by atoms with Gasteiger partial charge in [-0.1, -0.05) is 30.3 Å². The van der Waals surface area contributed by atoms with Crippen molar-refractivity contribution >= 4 is 11.8 Å². The number of ketones is 1. The minimum atomic E-state index is -0.418. The lowest BCUT2D eigenvalue weighted by molar-refractivity contribution is 0.0733. The topological polar surface area (TPSA) is 43.4 Å². The first-order valence-electron chi connectivity index (χ1n) is 5.97. The molecule has 0 fully saturated rings. The summed E-state index contributed by atoms with van der Waals surface area (Å²) >= 11 is 0. The van der Waals surface area contributed by atoms with Gasteiger partial charge in [0.1, 0.15) is 5.75 Å². The van der Waals surface area contributed by atoms with Crippen LogP contribution >= 0.6 is 0 Å². The number of benzene rings is 2. The summed E-state index contributed by atoms with van der Waals surface area (Å²) in [4.78, 5) is 23.3. The van der Waals surface area contributed by atoms with Crippen molar-refractivity contribution in [3.63, 3.8) is 0 Å². The van der Waals surface area contributed by atoms with E-state index in [2.05, 4.69) is 0 Å². The molecule has 3 heteroatoms. The van der Waals surface area contributed by atoms with Crippen LogP contribution in [-0.4, -0.2) is 11.8 Å². The van der Waals surface area contributed by atoms with Crippen LogP contribution in [0.4, 0.5) is 0 Å². The molecule has 2 rings (SSSR count). The number of Topliss-reactive ketones (excluding diaryl/α,β-unsaturated/α-hetero) is 1. The fourth-order valence-electron chi connectivity index (χ4n) is 1.74. The summed E-state index contributed by atoms with van der Waals surface area (Å²) in [6.07, 6.45) is 0. The van der Waals surface area contributed by atoms with Gasteiger partial charge in [0.2, 0.25) is 0 Å². The number of carbonyl (C=O) groups is 2. The Balaban J connectivity index is 2.22. The number of carbonyl (C=O) groups excluding carboxylic acids is 2. The van der Waals surface area contributed by atoms with Gasteiger partial charge in [-0.25, -0.2) is 4.79 Å². The van der Waals surface area contributed by atoms with Crippen molar-refractivity contribution in [2.75, 3.05) is 0 Å². The molecule has 0 aliphatic carbocycles. The van der Waals surface area contributed by atoms with Crippen LogP contribution in [0.5, 0.6) is 5.75 Å². The molecular weight excluding hydrogens is 240 g/mol. The highest BCUT2D eigenvalue weighted by molar-refractivity contribution is 5.95. The van der Waals surface area contributed by atoms with E-state index in [1.165, 1.54) is 6.92 Å². The Bertz CT molecular complexity index is 629. The fraction of sp³-hybridized carbons (Fsp3) is 0.125. The summed E-state index contributed by atoms with van der Waals surface area (Å²) in [5.74, 6) is -0.103. The van der Waals surface area contributed by atoms with E-state index >= 15 is 0 Å². The standard InChI is InChI=1S/C16H14O3/c1-11-6-3-4-9-15(11)16(18)19-14-8-5-7-13(10-14)12(2)17/h3-10H,1-2H3. The minimum absolute atomic E-state index is 0.0613. The Morgan fingerprint density at radius 1 is 1.00 bits per heavy atom. The monoisotopic (exact) mass is 254 g/mol. The van der Waals surface area contributed by atoms with E-state index in [1.807, 2.05) is 19.1 Å². The van der Waals surface area contributed by atoms with Gasteiger partial charge in [0, 0.05) is 5.56 Å². The van der Waals surface area contributed by atoms with E-state index in [0.717, 1.165) is 5.56 Å². The van der Waals surface area contributed by atoms with Crippen LogP contribution in [0.2, 0.25) is 0 Å². The van der Waals surface area contributed by atoms with Crippen molar-refractivity contribution < 1.29 is 14.3 Å². The van der Waals surface area contributed by atoms with Crippen molar-refractivity contribution in [3.05, 3.63) is 65.2 Å². The molecule has 0 unspecified atom stereocenters. The van der Waals surface area contributed by atoms with Crippen LogP contribution in [0, 0.1) is 6.92 Å². The zero-order valence-corrected chi connectivity index (χ0v) is 10.8. The smallest absolute Gasteiger partial charge is 0.343 e. The molecule has 0 amide bonds. The maximum atomic E-state index is 12.0. The third-order valence-electron chi connectivity index (χ3n) is 2.82. The second kappa shape index (κ2) is 5.48. The van der Waals surface area contributed by atoms with Crippen LogP contribution in [0.25, 0.3) is 0 Å². The molecule has 0 aromatic heterocycles. The molecule has 0 spiro atoms. The molecule has 2 aromatic carbocycles. The highest BCUT2D eigenvalue weighted by Crippen LogP contribution is 2.17. The second-order valence-corrected chi connectivity index (χ2v) is 4.29. The quantitative estimate of drug-likeness (QED) is 0.479. The van der Waals surface area contributed by atoms with E-state index < -0.39 is 5.97 Å². The van der Waals surface area contributed by atoms with Crippen molar-refractivity contribution in [1.82, 2.24) is 0 Å². The summed E-state index contributed by atoms with van der Waals surface area (Å²) in [6.45, 7) is 3.32. The molecule has 3 nitrogen and oxygen atoms in total. The van der Waals surface area contributed by atoms with E-state index in [-0.39, 0.29) is 5.78 Å². The van der Waals surface area contributed by atoms with E-state index in [9.17, 15) is 9.59 Å². The molecule has 0 aliphatic heterocycles. The molecule has 96 valence electrons. The van der Waals surface area contributed by atoms with E-state index in [4.69, 9.17) is 4.74 Å². The fourth-order valence-corrected chi connectivity index (χ4v) is 1.74. The maximum Gasteiger partial charge on any atom is 0.343 e. The van der Waals surface area contributed by atoms with Crippen molar-refractivity contribution in [3.8, 4) is 5.75 Å². The first-order valence-corrected chi connectivity index (χ1v) is 5.97. The zero-order valence-electron chi connectivity index (χ0n) is 10.8. The largest absolute Gasteiger partial charge is 0.423 e. The normalized spacial score (nSPS) is 10.0. The molecule has 0 radical (unpaired) electrons. The molecule has 0 atom stereocenters. The zero-order chi connectivity index (χ0) is 13.8. The van der Waals surface area contributed by atoms with E-state index in [0.29, 0.717) is 16.9 Å². The molecular formula is C16H14O3. The maximum absolute atomic E-state index is 12.0. The first kappa shape index (κ1) is 13.0. The Labute approximate surface area is 111 Å². The van der Waals surface area contributed by atoms with Gasteiger partial charge in [0.25, 0.3) is 0 Å². The number of esters is 1. The van der Waals surface area contributed by atoms with Gasteiger partial charge in [-0.3, -0.25) is 4.79 Å². The van der Waals surface area contributed by atoms with Gasteiger partial charge in [0.05, 0.1) is 5.56 Å². The van der Waals surface area contributed by atoms with Crippen molar-refractivity contribution in [2.45, 2.75) is 13.8 Å². The van der Waals surface area contributed by atoms with Gasteiger partial charge in [-0.15, -0.1) is 0 Å². The summed E-state index contributed by atoms with van der Waals surface area (Å²) in [6, 6.07) is 13.8. The molecule has 0 heterocycles. The van der Waals surface area contributed by atoms with Crippen molar-refractivity contribution in [1.29, 1.82) is 0 Å². The Morgan fingerprint density at radius 2 is 1.74 bits per heavy atom. The summed E-state index contributed by atoms with van der Waals surface area (Å²) < 4.78 is 5.28. The number of rotatable bonds is 3. The molecule has 0 bridgehead atoms. The third kappa shape index (κ3) is 3.07. The average Bonchev–Trinajstić information content (AvgIpc) is 2.39. The predicted octanol–water partition coefficient (Wildman–Crippen LogP) is 3.42. The van der Waals surface area contributed by atoms with Gasteiger partial charge in [0.15, 0.2) is 5.78 Å². The second-order valence-electron chi connectivity index (χ2n) is 4.29. The number of ether oxygens (including phenoxy) is 1. The van der Waals surface area contributed by atoms with Crippen LogP contribution in [0.1, 0.15) is 33.2 Å². The molecule has 2 aromatic rings. The van der Waals surface area contributed by atoms with Crippen LogP contribution in [0.3, 0.4) is 0 Å². The SMILES string of the molecule is CC(=O)c1cccc(OC(=O)c2ccccc2C)c1. The van der Waals surface area contributed by atoms with Crippen LogP contribution < -0.4 is 4.74 Å². The summed E-state index contributed by atoms with van der Waals surface area (Å²) in [5, 5.41) is 0. The molecule has 0 N–H and O–H groups in total. The minimum Gasteiger partial charge on any atom is -0.423 e. The lowest BCUT2D eigenvalue weighted by atomic mass is 10.1. The highest BCUT2D eigenvalue weighted by Gasteiger charge is 2.11. The van der Waals surface area contributed by atoms with Crippen LogP contribution in [-0.2, 0) is 0 Å². The van der Waals surface area contributed by atoms with Gasteiger partial charge < -0.3 is 4.74 Å². The Kier molecular flexibility index (Phi) is 3.76. The summed E-state index contributed by atoms with van der Waals surface area (Å²) in [5.41, 5.74) is 1.90. The van der Waals surface area contributed by atoms with Gasteiger partial charge >= 0.3 is 5.97 Å². The molecule has 0 aliphatic rings. The van der Waals surface area contributed by atoms with E-state index in [1.54, 1.807) is 36.4 Å². The third-order valence-corrected chi connectivity index (χ3v) is 2.82.